The third kappa shape index (κ3) is 23.3. The number of hydrogen-bond donors (Lipinski definition) is 37. The lowest BCUT2D eigenvalue weighted by Gasteiger charge is -2.53. The Morgan fingerprint density at radius 1 is 0.408 bits per heavy atom. The zero-order valence-electron chi connectivity index (χ0n) is 66.9. The van der Waals surface area contributed by atoms with Gasteiger partial charge in [0, 0.05) is 12.8 Å². The van der Waals surface area contributed by atoms with Crippen LogP contribution in [0.1, 0.15) is 12.8 Å². The second-order valence-corrected chi connectivity index (χ2v) is 33.1. The van der Waals surface area contributed by atoms with E-state index in [2.05, 4.69) is 0 Å². The number of aliphatic hydroxyl groups is 29. The minimum absolute atomic E-state index is 0.424. The van der Waals surface area contributed by atoms with Crippen LogP contribution in [-0.2, 0) is 118 Å². The van der Waals surface area contributed by atoms with E-state index in [1.54, 1.807) is 0 Å². The molecule has 63 heteroatoms. The molecule has 130 heavy (non-hydrogen) atoms. The van der Waals surface area contributed by atoms with Gasteiger partial charge in [-0.25, -0.2) is 23.7 Å². The third-order valence-corrected chi connectivity index (χ3v) is 23.5. The topological polar surface area (TPSA) is 1030 Å². The van der Waals surface area contributed by atoms with Crippen molar-refractivity contribution in [3.05, 3.63) is 11.8 Å². The molecule has 0 saturated carbocycles. The summed E-state index contributed by atoms with van der Waals surface area (Å²) < 4.78 is 126. The number of nitrogens with two attached hydrogens (primary N) is 2. The lowest BCUT2D eigenvalue weighted by molar-refractivity contribution is -0.418. The van der Waals surface area contributed by atoms with E-state index in [1.807, 2.05) is 0 Å². The molecule has 10 heterocycles. The Kier molecular flexibility index (Phi) is 36.9. The zero-order chi connectivity index (χ0) is 96.6. The third-order valence-electron chi connectivity index (χ3n) is 23.0. The van der Waals surface area contributed by atoms with Crippen molar-refractivity contribution >= 4 is 31.7 Å². The summed E-state index contributed by atoms with van der Waals surface area (Å²) in [6, 6.07) is -3.66. The molecule has 0 aromatic carbocycles. The van der Waals surface area contributed by atoms with E-state index in [9.17, 15) is 202 Å². The van der Waals surface area contributed by atoms with Gasteiger partial charge in [0.1, 0.15) is 220 Å². The molecule has 10 rings (SSSR count). The number of aliphatic hydroxyl groups excluding tert-OH is 29. The first-order valence-corrected chi connectivity index (χ1v) is 41.1. The molecule has 39 N–H and O–H groups in total. The minimum Gasteiger partial charge on any atom is -0.479 e. The fourth-order valence-electron chi connectivity index (χ4n) is 15.7. The fourth-order valence-corrected chi connectivity index (χ4v) is 16.3. The van der Waals surface area contributed by atoms with Gasteiger partial charge < -0.3 is 280 Å². The molecular formula is C67H109N2O60P. The average molecular weight is 1930 g/mol. The Labute approximate surface area is 727 Å². The van der Waals surface area contributed by atoms with E-state index in [4.69, 9.17) is 106 Å². The molecule has 9 saturated heterocycles. The van der Waals surface area contributed by atoms with Crippen LogP contribution in [0.4, 0.5) is 0 Å². The van der Waals surface area contributed by atoms with Crippen LogP contribution in [0.3, 0.4) is 0 Å². The van der Waals surface area contributed by atoms with Crippen molar-refractivity contribution in [2.75, 3.05) is 52.9 Å². The molecule has 10 aliphatic heterocycles. The summed E-state index contributed by atoms with van der Waals surface area (Å²) in [6.07, 6.45) is -121. The standard InChI is InChI=1S/C67H109N2O60P/c68-24-30(85)28(83)21(114-56(24)102)9-111-57-25(69)31(86)48(129-130(107,108)109)23(117-57)11-113-66(64(103)104)3-20(126-67(65(105)106)2-13(75)26(81)45(127-67)15(77)5-71)49(47(128-66)17(79)7-73)121-63-42(97)51(53(46(120-63)16(78)6-72)125-61-39(94)32(87)29(84)22(116-61)10-112-59-38(93)34(89)36(91)52(124-59)55(100)101)123-62-41(96)50(122-60-27(82)12(74)1-19(115-60)54(98)99)40(95)44(119-62)18(80)8-110-58-37(92)33(88)35(90)43(118-58)14(76)4-70/h1,12-18,20-53,56-63,70-97,102H,2-11,68-69H2,(H,98,99)(H,100,101)(H,103,104)(H,105,106)(H2,107,108,109)/t12-,13+,14-,15+,16-,17+,18-,20+,21+,22+,23+,24+,25+,26+,27+,28+,29+,30+,31+,32-,33-,34-,35-,36+,37-,38+,39+,40+,41-,42-,43+,44+,45+,46+,47+,48+,49+,50-,51+,52-,53+,56-,57+,58-,59+,60-,61-,62+,63+,66+,67+/m0/s1. The van der Waals surface area contributed by atoms with Gasteiger partial charge in [-0.05, 0) is 6.08 Å². The van der Waals surface area contributed by atoms with Gasteiger partial charge in [-0.15, -0.1) is 0 Å². The maximum absolute atomic E-state index is 14.3. The molecule has 0 aromatic rings. The van der Waals surface area contributed by atoms with Gasteiger partial charge in [0.05, 0.1) is 77.1 Å². The van der Waals surface area contributed by atoms with Crippen LogP contribution in [0.25, 0.3) is 0 Å². The van der Waals surface area contributed by atoms with Crippen LogP contribution in [0.2, 0.25) is 0 Å². The maximum atomic E-state index is 14.3. The molecule has 0 bridgehead atoms. The largest absolute Gasteiger partial charge is 0.479 e. The second kappa shape index (κ2) is 44.6. The minimum atomic E-state index is -5.94. The van der Waals surface area contributed by atoms with Crippen LogP contribution in [0.15, 0.2) is 11.8 Å². The number of aliphatic carboxylic acids is 4. The van der Waals surface area contributed by atoms with Gasteiger partial charge >= 0.3 is 31.7 Å². The Morgan fingerprint density at radius 2 is 0.877 bits per heavy atom. The van der Waals surface area contributed by atoms with Crippen molar-refractivity contribution < 1.29 is 297 Å². The fraction of sp³-hybridized carbons (Fsp3) is 0.910. The van der Waals surface area contributed by atoms with Crippen molar-refractivity contribution in [3.8, 4) is 0 Å². The van der Waals surface area contributed by atoms with Crippen LogP contribution >= 0.6 is 7.82 Å². The number of phosphoric acid groups is 1. The predicted octanol–water partition coefficient (Wildman–Crippen LogP) is -23.6. The SMILES string of the molecule is N[C@@H]1[C@@H](O)[C@H](O)[C@@H](CO[C@@H]2O[C@H](CO[C@]3(C(=O)O)C[C@@H](O[C@]4(C(=O)O)C[C@@H](O)[C@@H](O)[C@@H]([C@H](O)CO)O4)[C@@H](O[C@H]4O[C@H]([C@@H](O)CO)[C@@H](O[C@@H]5O[C@H](CO[C@@H]6O[C@H](C(=O)O)[C@H](O)[C@H](O)[C@H]6O)[C@@H](O)[C@H](O)[C@H]5O)[C@H](O[C@H]5O[C@H]([C@@H](O)CO[C@H]6O[C@H]([C@@H](O)CO)[C@@H](O)[C@H](O)[C@@H]6O)[C@@H](O)[C@H](O[C@@H]6OC(C(=O)O)=C[C@H](O)[C@H]6O)[C@@H]5O)[C@@H]4O)[C@@H]([C@H](O)CO)O3)[C@@H](OP(=O)(O)O)[C@H](O)[C@H]2N)O[C@@H]1O. The number of rotatable bonds is 37. The summed E-state index contributed by atoms with van der Waals surface area (Å²) in [6.45, 7) is -11.4. The normalized spacial score (nSPS) is 47.6. The predicted molar refractivity (Wildman–Crippen MR) is 384 cm³/mol. The number of ether oxygens (including phenoxy) is 19. The van der Waals surface area contributed by atoms with Crippen molar-refractivity contribution in [1.82, 2.24) is 0 Å². The first-order chi connectivity index (χ1) is 60.8. The highest BCUT2D eigenvalue weighted by Crippen LogP contribution is 2.47. The van der Waals surface area contributed by atoms with Gasteiger partial charge in [-0.3, -0.25) is 4.52 Å². The maximum Gasteiger partial charge on any atom is 0.470 e. The van der Waals surface area contributed by atoms with Gasteiger partial charge in [-0.2, -0.15) is 0 Å². The number of hydrogen-bond acceptors (Lipinski definition) is 56. The lowest BCUT2D eigenvalue weighted by atomic mass is 9.89. The molecule has 0 spiro atoms. The number of carbonyl (C=O) groups is 4. The van der Waals surface area contributed by atoms with Crippen LogP contribution < -0.4 is 11.5 Å². The smallest absolute Gasteiger partial charge is 0.470 e. The number of carboxylic acids is 4. The van der Waals surface area contributed by atoms with E-state index in [-0.39, 0.29) is 0 Å². The van der Waals surface area contributed by atoms with Crippen molar-refractivity contribution in [1.29, 1.82) is 0 Å². The van der Waals surface area contributed by atoms with Crippen molar-refractivity contribution in [2.45, 2.75) is 325 Å². The van der Waals surface area contributed by atoms with Gasteiger partial charge in [-0.1, -0.05) is 0 Å². The molecule has 752 valence electrons. The molecule has 0 aromatic heterocycles. The Hall–Kier alpha value is -4.43. The Balaban J connectivity index is 1.09. The van der Waals surface area contributed by atoms with E-state index < -0.39 is 415 Å². The zero-order valence-corrected chi connectivity index (χ0v) is 67.8. The van der Waals surface area contributed by atoms with E-state index >= 15 is 0 Å². The van der Waals surface area contributed by atoms with Crippen LogP contribution in [0, 0.1) is 0 Å². The van der Waals surface area contributed by atoms with Gasteiger partial charge in [0.2, 0.25) is 12.0 Å². The number of carboxylic acid groups (broad SMARTS) is 4. The highest BCUT2D eigenvalue weighted by atomic mass is 31.2. The number of phosphoric ester groups is 1. The van der Waals surface area contributed by atoms with Gasteiger partial charge in [0.15, 0.2) is 50.1 Å². The molecule has 9 fully saturated rings. The molecule has 0 radical (unpaired) electrons. The molecule has 10 aliphatic rings. The Morgan fingerprint density at radius 3 is 1.46 bits per heavy atom. The summed E-state index contributed by atoms with van der Waals surface area (Å²) in [7, 11) is -5.94. The first kappa shape index (κ1) is 108. The van der Waals surface area contributed by atoms with E-state index in [1.165, 1.54) is 0 Å². The molecular weight excluding hydrogens is 1820 g/mol. The monoisotopic (exact) mass is 1930 g/mol. The molecule has 0 unspecified atom stereocenters. The summed E-state index contributed by atoms with van der Waals surface area (Å²) in [5.41, 5.74) is 11.8. The van der Waals surface area contributed by atoms with Gasteiger partial charge in [0.25, 0.3) is 11.6 Å². The summed E-state index contributed by atoms with van der Waals surface area (Å²) >= 11 is 0. The van der Waals surface area contributed by atoms with E-state index in [0.717, 1.165) is 0 Å². The molecule has 0 amide bonds. The summed E-state index contributed by atoms with van der Waals surface area (Å²) in [5, 5.41) is 366. The van der Waals surface area contributed by atoms with Crippen molar-refractivity contribution in [3.63, 3.8) is 0 Å². The lowest BCUT2D eigenvalue weighted by Crippen LogP contribution is -2.71. The second-order valence-electron chi connectivity index (χ2n) is 31.9. The molecule has 0 aliphatic carbocycles. The van der Waals surface area contributed by atoms with Crippen LogP contribution in [-0.4, -0.2) is 567 Å². The van der Waals surface area contributed by atoms with E-state index in [0.29, 0.717) is 6.08 Å². The summed E-state index contributed by atoms with van der Waals surface area (Å²) in [5.74, 6) is -17.7. The van der Waals surface area contributed by atoms with Crippen LogP contribution in [0.5, 0.6) is 0 Å². The highest BCUT2D eigenvalue weighted by molar-refractivity contribution is 7.46. The first-order valence-electron chi connectivity index (χ1n) is 39.6. The quantitative estimate of drug-likeness (QED) is 0.0257. The molecule has 51 atom stereocenters. The molecule has 62 nitrogen and oxygen atoms in total. The summed E-state index contributed by atoms with van der Waals surface area (Å²) in [4.78, 5) is 72.8. The Bertz CT molecular complexity index is 3740. The van der Waals surface area contributed by atoms with Crippen molar-refractivity contribution in [2.24, 2.45) is 11.5 Å². The highest BCUT2D eigenvalue weighted by Gasteiger charge is 2.66. The average Bonchev–Trinajstić information content (AvgIpc) is 0.738.